The fourth-order valence-corrected chi connectivity index (χ4v) is 2.52. The van der Waals surface area contributed by atoms with Gasteiger partial charge in [-0.05, 0) is 26.9 Å². The zero-order chi connectivity index (χ0) is 14.1. The van der Waals surface area contributed by atoms with Crippen LogP contribution in [0.5, 0.6) is 0 Å². The van der Waals surface area contributed by atoms with Crippen molar-refractivity contribution in [2.75, 3.05) is 0 Å². The first-order chi connectivity index (χ1) is 9.65. The molecule has 2 aromatic heterocycles. The summed E-state index contributed by atoms with van der Waals surface area (Å²) in [6.45, 7) is 0.431. The highest BCUT2D eigenvalue weighted by atomic mass is 79.9. The molecule has 0 radical (unpaired) electrons. The molecule has 2 heterocycles. The van der Waals surface area contributed by atoms with Gasteiger partial charge in [-0.25, -0.2) is 0 Å². The summed E-state index contributed by atoms with van der Waals surface area (Å²) < 4.78 is 1.90. The van der Waals surface area contributed by atoms with Crippen molar-refractivity contribution >= 4 is 32.7 Å². The fraction of sp³-hybridized carbons (Fsp3) is 0.0769. The summed E-state index contributed by atoms with van der Waals surface area (Å²) in [6.07, 6.45) is 3.33. The van der Waals surface area contributed by atoms with E-state index in [2.05, 4.69) is 26.0 Å². The molecule has 0 amide bonds. The van der Waals surface area contributed by atoms with Gasteiger partial charge >= 0.3 is 5.82 Å². The number of hydrogen-bond donors (Lipinski definition) is 0. The summed E-state index contributed by atoms with van der Waals surface area (Å²) >= 11 is 3.14. The third-order valence-electron chi connectivity index (χ3n) is 2.92. The van der Waals surface area contributed by atoms with E-state index in [1.165, 1.54) is 4.68 Å². The van der Waals surface area contributed by atoms with Crippen molar-refractivity contribution in [1.29, 1.82) is 0 Å². The molecule has 100 valence electrons. The van der Waals surface area contributed by atoms with Gasteiger partial charge in [0.15, 0.2) is 0 Å². The predicted molar refractivity (Wildman–Crippen MR) is 77.4 cm³/mol. The molecule has 0 spiro atoms. The van der Waals surface area contributed by atoms with Crippen LogP contribution in [-0.2, 0) is 6.54 Å². The molecule has 6 nitrogen and oxygen atoms in total. The molecule has 0 N–H and O–H groups in total. The van der Waals surface area contributed by atoms with E-state index in [-0.39, 0.29) is 5.82 Å². The quantitative estimate of drug-likeness (QED) is 0.545. The first kappa shape index (κ1) is 12.7. The first-order valence-electron chi connectivity index (χ1n) is 5.85. The van der Waals surface area contributed by atoms with E-state index in [1.807, 2.05) is 30.3 Å². The number of para-hydroxylation sites is 1. The van der Waals surface area contributed by atoms with Crippen LogP contribution in [0.25, 0.3) is 10.9 Å². The summed E-state index contributed by atoms with van der Waals surface area (Å²) in [7, 11) is 0. The zero-order valence-corrected chi connectivity index (χ0v) is 11.8. The van der Waals surface area contributed by atoms with E-state index < -0.39 is 4.92 Å². The van der Waals surface area contributed by atoms with E-state index in [0.29, 0.717) is 11.0 Å². The van der Waals surface area contributed by atoms with Gasteiger partial charge in [-0.3, -0.25) is 4.98 Å². The average molecular weight is 333 g/mol. The average Bonchev–Trinajstić information content (AvgIpc) is 2.80. The van der Waals surface area contributed by atoms with Crippen molar-refractivity contribution < 1.29 is 4.92 Å². The van der Waals surface area contributed by atoms with Gasteiger partial charge in [0.25, 0.3) is 0 Å². The van der Waals surface area contributed by atoms with Crippen LogP contribution in [0.1, 0.15) is 5.56 Å². The van der Waals surface area contributed by atoms with E-state index in [1.54, 1.807) is 12.4 Å². The van der Waals surface area contributed by atoms with Crippen molar-refractivity contribution in [2.24, 2.45) is 0 Å². The van der Waals surface area contributed by atoms with Gasteiger partial charge in [-0.2, -0.15) is 4.68 Å². The molecule has 20 heavy (non-hydrogen) atoms. The summed E-state index contributed by atoms with van der Waals surface area (Å²) in [5.41, 5.74) is 1.84. The minimum atomic E-state index is -0.512. The van der Waals surface area contributed by atoms with Gasteiger partial charge in [0.05, 0.1) is 23.4 Å². The van der Waals surface area contributed by atoms with E-state index in [0.717, 1.165) is 16.5 Å². The molecule has 3 rings (SSSR count). The van der Waals surface area contributed by atoms with Gasteiger partial charge < -0.3 is 10.1 Å². The molecular weight excluding hydrogens is 324 g/mol. The third-order valence-corrected chi connectivity index (χ3v) is 3.48. The van der Waals surface area contributed by atoms with Crippen LogP contribution < -0.4 is 0 Å². The summed E-state index contributed by atoms with van der Waals surface area (Å²) in [5, 5.41) is 15.8. The number of halogens is 1. The Hall–Kier alpha value is -2.28. The number of pyridine rings is 1. The fourth-order valence-electron chi connectivity index (χ4n) is 2.06. The highest BCUT2D eigenvalue weighted by Gasteiger charge is 2.19. The van der Waals surface area contributed by atoms with Crippen LogP contribution in [-0.4, -0.2) is 19.7 Å². The van der Waals surface area contributed by atoms with Crippen molar-refractivity contribution in [3.05, 3.63) is 62.9 Å². The van der Waals surface area contributed by atoms with Crippen molar-refractivity contribution in [2.45, 2.75) is 6.54 Å². The lowest BCUT2D eigenvalue weighted by Gasteiger charge is -2.03. The van der Waals surface area contributed by atoms with E-state index in [9.17, 15) is 10.1 Å². The number of benzene rings is 1. The Kier molecular flexibility index (Phi) is 3.19. The lowest BCUT2D eigenvalue weighted by Crippen LogP contribution is -2.02. The van der Waals surface area contributed by atoms with Crippen molar-refractivity contribution in [1.82, 2.24) is 14.8 Å². The molecule has 3 aromatic rings. The van der Waals surface area contributed by atoms with Crippen molar-refractivity contribution in [3.8, 4) is 0 Å². The van der Waals surface area contributed by atoms with Crippen LogP contribution in [0.3, 0.4) is 0 Å². The molecule has 0 aliphatic heterocycles. The summed E-state index contributed by atoms with van der Waals surface area (Å²) in [5.74, 6) is -0.182. The first-order valence-corrected chi connectivity index (χ1v) is 6.64. The summed E-state index contributed by atoms with van der Waals surface area (Å²) in [4.78, 5) is 14.6. The number of hydrogen-bond acceptors (Lipinski definition) is 4. The normalized spacial score (nSPS) is 10.8. The molecule has 0 atom stereocenters. The van der Waals surface area contributed by atoms with Gasteiger partial charge in [0.1, 0.15) is 4.47 Å². The molecule has 0 saturated carbocycles. The molecular formula is C13H9BrN4O2. The van der Waals surface area contributed by atoms with Crippen molar-refractivity contribution in [3.63, 3.8) is 0 Å². The topological polar surface area (TPSA) is 73.8 Å². The number of nitrogens with zero attached hydrogens (tertiary/aromatic N) is 4. The Morgan fingerprint density at radius 1 is 1.30 bits per heavy atom. The van der Waals surface area contributed by atoms with Crippen LogP contribution in [0, 0.1) is 10.1 Å². The van der Waals surface area contributed by atoms with Gasteiger partial charge in [-0.15, -0.1) is 0 Å². The molecule has 0 aliphatic rings. The third kappa shape index (κ3) is 2.27. The Morgan fingerprint density at radius 3 is 2.85 bits per heavy atom. The second kappa shape index (κ2) is 5.01. The zero-order valence-electron chi connectivity index (χ0n) is 10.2. The van der Waals surface area contributed by atoms with Gasteiger partial charge in [0.2, 0.25) is 0 Å². The Bertz CT molecular complexity index is 795. The second-order valence-corrected chi connectivity index (χ2v) is 5.10. The maximum atomic E-state index is 10.8. The van der Waals surface area contributed by atoms with Gasteiger partial charge in [0, 0.05) is 17.1 Å². The SMILES string of the molecule is O=[N+]([O-])c1nn(Cc2cccc3cccnc23)cc1Br. The molecule has 7 heteroatoms. The maximum Gasteiger partial charge on any atom is 0.404 e. The molecule has 0 saturated heterocycles. The van der Waals surface area contributed by atoms with E-state index >= 15 is 0 Å². The number of fused-ring (bicyclic) bond motifs is 1. The highest BCUT2D eigenvalue weighted by molar-refractivity contribution is 9.10. The molecule has 0 fully saturated rings. The van der Waals surface area contributed by atoms with Crippen LogP contribution in [0.2, 0.25) is 0 Å². The number of aromatic nitrogens is 3. The molecule has 0 unspecified atom stereocenters. The minimum Gasteiger partial charge on any atom is -0.358 e. The smallest absolute Gasteiger partial charge is 0.358 e. The largest absolute Gasteiger partial charge is 0.404 e. The molecule has 0 bridgehead atoms. The Labute approximate surface area is 122 Å². The van der Waals surface area contributed by atoms with Gasteiger partial charge in [-0.1, -0.05) is 24.3 Å². The second-order valence-electron chi connectivity index (χ2n) is 4.25. The molecule has 1 aromatic carbocycles. The summed E-state index contributed by atoms with van der Waals surface area (Å²) in [6, 6.07) is 9.71. The monoisotopic (exact) mass is 332 g/mol. The lowest BCUT2D eigenvalue weighted by molar-refractivity contribution is -0.390. The van der Waals surface area contributed by atoms with Crippen LogP contribution in [0.4, 0.5) is 5.82 Å². The lowest BCUT2D eigenvalue weighted by atomic mass is 10.1. The van der Waals surface area contributed by atoms with Crippen LogP contribution >= 0.6 is 15.9 Å². The molecule has 0 aliphatic carbocycles. The highest BCUT2D eigenvalue weighted by Crippen LogP contribution is 2.23. The Balaban J connectivity index is 2.01. The number of nitro groups is 1. The minimum absolute atomic E-state index is 0.182. The standard InChI is InChI=1S/C13H9BrN4O2/c14-11-8-17(16-13(11)18(19)20)7-10-4-1-3-9-5-2-6-15-12(9)10/h1-6,8H,7H2. The Morgan fingerprint density at radius 2 is 2.10 bits per heavy atom. The van der Waals surface area contributed by atoms with Crippen LogP contribution in [0.15, 0.2) is 47.2 Å². The predicted octanol–water partition coefficient (Wildman–Crippen LogP) is 3.15. The number of rotatable bonds is 3. The van der Waals surface area contributed by atoms with E-state index in [4.69, 9.17) is 0 Å². The maximum absolute atomic E-state index is 10.8.